The smallest absolute Gasteiger partial charge is 0.408 e. The van der Waals surface area contributed by atoms with Gasteiger partial charge in [0.2, 0.25) is 0 Å². The van der Waals surface area contributed by atoms with Gasteiger partial charge in [-0.1, -0.05) is 18.2 Å². The molecular weight excluding hydrogens is 390 g/mol. The maximum absolute atomic E-state index is 12.5. The average molecular weight is 414 g/mol. The summed E-state index contributed by atoms with van der Waals surface area (Å²) in [5.41, 5.74) is 6.55. The molecule has 0 saturated carbocycles. The fourth-order valence-corrected chi connectivity index (χ4v) is 3.44. The summed E-state index contributed by atoms with van der Waals surface area (Å²) in [4.78, 5) is 23.6. The molecule has 2 heterocycles. The monoisotopic (exact) mass is 414 g/mol. The van der Waals surface area contributed by atoms with Gasteiger partial charge in [-0.2, -0.15) is 8.78 Å². The highest BCUT2D eigenvalue weighted by Gasteiger charge is 2.41. The number of rotatable bonds is 6. The second-order valence-electron chi connectivity index (χ2n) is 6.68. The number of amides is 3. The van der Waals surface area contributed by atoms with E-state index in [2.05, 4.69) is 41.6 Å². The average Bonchev–Trinajstić information content (AvgIpc) is 3.08. The molecule has 1 aromatic carbocycles. The number of ether oxygens (including phenoxy) is 2. The summed E-state index contributed by atoms with van der Waals surface area (Å²) in [6.45, 7) is -2.34. The van der Waals surface area contributed by atoms with Crippen LogP contribution in [0.25, 0.3) is 0 Å². The Hall–Kier alpha value is -2.70. The van der Waals surface area contributed by atoms with Crippen molar-refractivity contribution in [1.29, 1.82) is 0 Å². The van der Waals surface area contributed by atoms with Gasteiger partial charge in [-0.15, -0.1) is 0 Å². The molecule has 0 aromatic heterocycles. The van der Waals surface area contributed by atoms with Crippen molar-refractivity contribution >= 4 is 12.1 Å². The fraction of sp³-hybridized carbons (Fsp3) is 0.529. The molecule has 6 N–H and O–H groups in total. The quantitative estimate of drug-likeness (QED) is 0.392. The van der Waals surface area contributed by atoms with Gasteiger partial charge < -0.3 is 25.4 Å². The molecule has 3 amide bonds. The topological polar surface area (TPSA) is 125 Å². The Balaban J connectivity index is 1.45. The number of halogens is 2. The first-order valence-corrected chi connectivity index (χ1v) is 9.12. The zero-order chi connectivity index (χ0) is 20.8. The molecule has 0 spiro atoms. The summed E-state index contributed by atoms with van der Waals surface area (Å²) in [5, 5.41) is 11.3. The van der Waals surface area contributed by atoms with Crippen LogP contribution in [-0.4, -0.2) is 50.8 Å². The Labute approximate surface area is 166 Å². The van der Waals surface area contributed by atoms with Crippen LogP contribution in [0, 0.1) is 5.92 Å². The van der Waals surface area contributed by atoms with E-state index in [9.17, 15) is 18.4 Å². The van der Waals surface area contributed by atoms with Gasteiger partial charge in [0.1, 0.15) is 11.9 Å². The van der Waals surface area contributed by atoms with Crippen molar-refractivity contribution in [3.8, 4) is 5.75 Å². The van der Waals surface area contributed by atoms with Crippen molar-refractivity contribution in [2.45, 2.75) is 38.0 Å². The first-order valence-electron chi connectivity index (χ1n) is 9.12. The Bertz CT molecular complexity index is 725. The highest BCUT2D eigenvalue weighted by molar-refractivity contribution is 5.74. The molecule has 10 nitrogen and oxygen atoms in total. The number of para-hydroxylation sites is 1. The molecule has 29 heavy (non-hydrogen) atoms. The summed E-state index contributed by atoms with van der Waals surface area (Å²) in [5.74, 6) is 0.0976. The highest BCUT2D eigenvalue weighted by Crippen LogP contribution is 2.21. The first kappa shape index (κ1) is 21.0. The van der Waals surface area contributed by atoms with Crippen LogP contribution in [0.4, 0.5) is 18.4 Å². The van der Waals surface area contributed by atoms with E-state index in [4.69, 9.17) is 0 Å². The van der Waals surface area contributed by atoms with Crippen LogP contribution in [0.5, 0.6) is 5.75 Å². The lowest BCUT2D eigenvalue weighted by Crippen LogP contribution is -2.59. The number of piperidine rings is 1. The molecule has 0 aliphatic carbocycles. The number of methoxy groups -OCH3 is 1. The molecule has 0 radical (unpaired) electrons. The lowest BCUT2D eigenvalue weighted by Gasteiger charge is -2.34. The maximum atomic E-state index is 12.5. The van der Waals surface area contributed by atoms with Gasteiger partial charge in [-0.05, 0) is 12.5 Å². The zero-order valence-electron chi connectivity index (χ0n) is 15.7. The molecule has 2 saturated heterocycles. The minimum atomic E-state index is -2.94. The summed E-state index contributed by atoms with van der Waals surface area (Å²) in [6, 6.07) is 5.86. The number of fused-ring (bicyclic) bond motifs is 1. The van der Waals surface area contributed by atoms with Crippen LogP contribution in [-0.2, 0) is 11.3 Å². The Kier molecular flexibility index (Phi) is 7.01. The van der Waals surface area contributed by atoms with Crippen LogP contribution in [0.1, 0.15) is 12.0 Å². The molecule has 1 aromatic rings. The molecular formula is C17H24F2N6O4. The summed E-state index contributed by atoms with van der Waals surface area (Å²) >= 11 is 0. The van der Waals surface area contributed by atoms with Crippen molar-refractivity contribution in [2.24, 2.45) is 5.92 Å². The largest absolute Gasteiger partial charge is 0.453 e. The molecule has 2 aliphatic rings. The number of urea groups is 1. The van der Waals surface area contributed by atoms with Gasteiger partial charge in [-0.25, -0.2) is 15.0 Å². The highest BCUT2D eigenvalue weighted by atomic mass is 19.3. The standard InChI is InChI=1S/C17H24F2N6O4/c1-28-17(27)23-14-10-8-20-13(6-11(10)24-25-14)22-16(26)21-7-9-4-2-3-5-12(9)29-15(18)19/h2-5,10-11,13-15,20,24-25H,6-8H2,1H3,(H,23,27)(H2,21,22,26). The number of alkyl carbamates (subject to hydrolysis) is 1. The molecule has 2 aliphatic heterocycles. The molecule has 3 rings (SSSR count). The minimum Gasteiger partial charge on any atom is -0.453 e. The zero-order valence-corrected chi connectivity index (χ0v) is 15.7. The number of hydrogen-bond donors (Lipinski definition) is 6. The predicted octanol–water partition coefficient (Wildman–Crippen LogP) is 0.181. The summed E-state index contributed by atoms with van der Waals surface area (Å²) < 4.78 is 34.0. The van der Waals surface area contributed by atoms with Gasteiger partial charge in [0.05, 0.1) is 13.3 Å². The van der Waals surface area contributed by atoms with Crippen LogP contribution >= 0.6 is 0 Å². The van der Waals surface area contributed by atoms with Crippen LogP contribution in [0.3, 0.4) is 0 Å². The lowest BCUT2D eigenvalue weighted by atomic mass is 9.91. The Morgan fingerprint density at radius 2 is 2.03 bits per heavy atom. The van der Waals surface area contributed by atoms with E-state index < -0.39 is 18.7 Å². The molecule has 2 fully saturated rings. The number of carbonyl (C=O) groups excluding carboxylic acids is 2. The molecule has 0 bridgehead atoms. The second-order valence-corrected chi connectivity index (χ2v) is 6.68. The number of nitrogens with one attached hydrogen (secondary N) is 6. The van der Waals surface area contributed by atoms with Gasteiger partial charge in [-0.3, -0.25) is 10.7 Å². The third-order valence-electron chi connectivity index (χ3n) is 4.85. The van der Waals surface area contributed by atoms with Crippen molar-refractivity contribution in [1.82, 2.24) is 32.1 Å². The van der Waals surface area contributed by atoms with Crippen molar-refractivity contribution in [3.05, 3.63) is 29.8 Å². The number of hydrogen-bond acceptors (Lipinski definition) is 7. The molecule has 160 valence electrons. The normalized spacial score (nSPS) is 25.8. The third-order valence-corrected chi connectivity index (χ3v) is 4.85. The van der Waals surface area contributed by atoms with Crippen LogP contribution in [0.15, 0.2) is 24.3 Å². The SMILES string of the molecule is COC(=O)NC1NNC2CC(NC(=O)NCc3ccccc3OC(F)F)NCC21. The van der Waals surface area contributed by atoms with Gasteiger partial charge in [0.25, 0.3) is 0 Å². The number of carbonyl (C=O) groups is 2. The molecule has 4 atom stereocenters. The van der Waals surface area contributed by atoms with Gasteiger partial charge >= 0.3 is 18.7 Å². The van der Waals surface area contributed by atoms with Gasteiger partial charge in [0, 0.05) is 30.6 Å². The van der Waals surface area contributed by atoms with E-state index in [1.54, 1.807) is 18.2 Å². The fourth-order valence-electron chi connectivity index (χ4n) is 3.44. The number of alkyl halides is 2. The summed E-state index contributed by atoms with van der Waals surface area (Å²) in [6.07, 6.45) is -0.535. The third kappa shape index (κ3) is 5.65. The van der Waals surface area contributed by atoms with Crippen LogP contribution in [0.2, 0.25) is 0 Å². The number of hydrazine groups is 1. The van der Waals surface area contributed by atoms with E-state index in [1.807, 2.05) is 0 Å². The predicted molar refractivity (Wildman–Crippen MR) is 97.7 cm³/mol. The summed E-state index contributed by atoms with van der Waals surface area (Å²) in [7, 11) is 1.30. The lowest BCUT2D eigenvalue weighted by molar-refractivity contribution is -0.0504. The van der Waals surface area contributed by atoms with E-state index in [0.717, 1.165) is 0 Å². The van der Waals surface area contributed by atoms with E-state index in [-0.39, 0.29) is 36.6 Å². The molecule has 4 unspecified atom stereocenters. The van der Waals surface area contributed by atoms with Gasteiger partial charge in [0.15, 0.2) is 0 Å². The maximum Gasteiger partial charge on any atom is 0.408 e. The first-order chi connectivity index (χ1) is 14.0. The van der Waals surface area contributed by atoms with E-state index >= 15 is 0 Å². The van der Waals surface area contributed by atoms with E-state index in [1.165, 1.54) is 13.2 Å². The number of benzene rings is 1. The van der Waals surface area contributed by atoms with Crippen molar-refractivity contribution in [3.63, 3.8) is 0 Å². The second kappa shape index (κ2) is 9.67. The Morgan fingerprint density at radius 3 is 2.79 bits per heavy atom. The van der Waals surface area contributed by atoms with E-state index in [0.29, 0.717) is 18.5 Å². The van der Waals surface area contributed by atoms with Crippen molar-refractivity contribution < 1.29 is 27.8 Å². The van der Waals surface area contributed by atoms with Crippen LogP contribution < -0.4 is 36.9 Å². The van der Waals surface area contributed by atoms with Crippen molar-refractivity contribution in [2.75, 3.05) is 13.7 Å². The Morgan fingerprint density at radius 1 is 1.24 bits per heavy atom. The molecule has 12 heteroatoms. The minimum absolute atomic E-state index is 0.0202.